The van der Waals surface area contributed by atoms with Crippen LogP contribution in [0.2, 0.25) is 8.67 Å². The molecule has 1 aromatic rings. The van der Waals surface area contributed by atoms with Crippen LogP contribution in [-0.4, -0.2) is 30.3 Å². The fourth-order valence-corrected chi connectivity index (χ4v) is 2.69. The molecule has 0 saturated carbocycles. The van der Waals surface area contributed by atoms with Crippen LogP contribution in [0.1, 0.15) is 10.4 Å². The number of carbonyl (C=O) groups excluding carboxylic acids is 1. The zero-order chi connectivity index (χ0) is 12.8. The lowest BCUT2D eigenvalue weighted by Crippen LogP contribution is -2.30. The molecule has 0 spiro atoms. The van der Waals surface area contributed by atoms with Crippen molar-refractivity contribution in [2.24, 2.45) is 0 Å². The molecule has 0 saturated heterocycles. The normalized spacial score (nSPS) is 9.94. The first kappa shape index (κ1) is 14.0. The van der Waals surface area contributed by atoms with Gasteiger partial charge in [-0.1, -0.05) is 23.2 Å². The SMILES string of the molecule is N#CCN(CC#N)CC(=O)c1cc(Cl)sc1Cl. The third-order valence-corrected chi connectivity index (χ3v) is 3.40. The van der Waals surface area contributed by atoms with Gasteiger partial charge in [-0.2, -0.15) is 10.5 Å². The molecule has 0 aliphatic carbocycles. The van der Waals surface area contributed by atoms with E-state index < -0.39 is 0 Å². The van der Waals surface area contributed by atoms with E-state index in [-0.39, 0.29) is 25.4 Å². The molecule has 17 heavy (non-hydrogen) atoms. The van der Waals surface area contributed by atoms with Crippen molar-refractivity contribution in [3.63, 3.8) is 0 Å². The Hall–Kier alpha value is -1.11. The lowest BCUT2D eigenvalue weighted by atomic mass is 10.2. The predicted octanol–water partition coefficient (Wildman–Crippen LogP) is 2.59. The molecular formula is C10H7Cl2N3OS. The summed E-state index contributed by atoms with van der Waals surface area (Å²) in [5.74, 6) is -0.247. The smallest absolute Gasteiger partial charge is 0.179 e. The van der Waals surface area contributed by atoms with Crippen LogP contribution in [0.4, 0.5) is 0 Å². The fraction of sp³-hybridized carbons (Fsp3) is 0.300. The number of Topliss-reactive ketones (excluding diaryl/α,β-unsaturated/α-hetero) is 1. The minimum absolute atomic E-state index is 0.0199. The molecule has 0 unspecified atom stereocenters. The van der Waals surface area contributed by atoms with E-state index in [4.69, 9.17) is 33.7 Å². The van der Waals surface area contributed by atoms with Gasteiger partial charge in [0.05, 0.1) is 41.7 Å². The molecule has 7 heteroatoms. The number of ketones is 1. The molecule has 0 amide bonds. The summed E-state index contributed by atoms with van der Waals surface area (Å²) in [6, 6.07) is 5.28. The van der Waals surface area contributed by atoms with Crippen molar-refractivity contribution in [2.45, 2.75) is 0 Å². The minimum atomic E-state index is -0.247. The van der Waals surface area contributed by atoms with Gasteiger partial charge in [-0.15, -0.1) is 11.3 Å². The summed E-state index contributed by atoms with van der Waals surface area (Å²) in [5.41, 5.74) is 0.336. The van der Waals surface area contributed by atoms with E-state index in [1.165, 1.54) is 11.0 Å². The van der Waals surface area contributed by atoms with Gasteiger partial charge in [-0.3, -0.25) is 9.69 Å². The van der Waals surface area contributed by atoms with E-state index in [0.717, 1.165) is 11.3 Å². The van der Waals surface area contributed by atoms with Crippen LogP contribution in [0.5, 0.6) is 0 Å². The van der Waals surface area contributed by atoms with E-state index in [1.807, 2.05) is 12.1 Å². The summed E-state index contributed by atoms with van der Waals surface area (Å²) in [4.78, 5) is 13.3. The van der Waals surface area contributed by atoms with E-state index >= 15 is 0 Å². The molecule has 0 aliphatic heterocycles. The van der Waals surface area contributed by atoms with Crippen LogP contribution in [0.15, 0.2) is 6.07 Å². The Morgan fingerprint density at radius 1 is 1.35 bits per heavy atom. The molecule has 0 aromatic carbocycles. The highest BCUT2D eigenvalue weighted by molar-refractivity contribution is 7.20. The first-order valence-corrected chi connectivity index (χ1v) is 6.10. The zero-order valence-electron chi connectivity index (χ0n) is 8.61. The summed E-state index contributed by atoms with van der Waals surface area (Å²) in [6.45, 7) is 0.0253. The van der Waals surface area contributed by atoms with Crippen molar-refractivity contribution in [3.8, 4) is 12.1 Å². The standard InChI is InChI=1S/C10H7Cl2N3OS/c11-9-5-7(10(12)17-9)8(16)6-15(3-1-13)4-2-14/h5H,3-4,6H2. The molecule has 0 bridgehead atoms. The Labute approximate surface area is 113 Å². The third kappa shape index (κ3) is 3.99. The van der Waals surface area contributed by atoms with Crippen LogP contribution in [0, 0.1) is 22.7 Å². The highest BCUT2D eigenvalue weighted by atomic mass is 35.5. The molecule has 88 valence electrons. The van der Waals surface area contributed by atoms with Gasteiger partial charge in [0.25, 0.3) is 0 Å². The van der Waals surface area contributed by atoms with Crippen molar-refractivity contribution in [2.75, 3.05) is 19.6 Å². The monoisotopic (exact) mass is 287 g/mol. The number of thiophene rings is 1. The second-order valence-corrected chi connectivity index (χ2v) is 5.41. The predicted molar refractivity (Wildman–Crippen MR) is 66.3 cm³/mol. The zero-order valence-corrected chi connectivity index (χ0v) is 10.9. The Bertz CT molecular complexity index is 485. The van der Waals surface area contributed by atoms with Crippen molar-refractivity contribution in [1.29, 1.82) is 10.5 Å². The first-order chi connectivity index (χ1) is 8.08. The number of rotatable bonds is 5. The molecule has 0 fully saturated rings. The molecule has 1 rings (SSSR count). The average Bonchev–Trinajstić information content (AvgIpc) is 2.58. The summed E-state index contributed by atoms with van der Waals surface area (Å²) in [6.07, 6.45) is 0. The molecule has 0 aliphatic rings. The van der Waals surface area contributed by atoms with Gasteiger partial charge < -0.3 is 0 Å². The fourth-order valence-electron chi connectivity index (χ4n) is 1.19. The van der Waals surface area contributed by atoms with Crippen molar-refractivity contribution < 1.29 is 4.79 Å². The maximum absolute atomic E-state index is 11.8. The highest BCUT2D eigenvalue weighted by Gasteiger charge is 2.17. The molecule has 0 N–H and O–H groups in total. The van der Waals surface area contributed by atoms with Crippen LogP contribution in [0.25, 0.3) is 0 Å². The lowest BCUT2D eigenvalue weighted by molar-refractivity contribution is 0.0947. The Balaban J connectivity index is 2.74. The largest absolute Gasteiger partial charge is 0.293 e. The van der Waals surface area contributed by atoms with E-state index in [2.05, 4.69) is 0 Å². The Morgan fingerprint density at radius 3 is 2.35 bits per heavy atom. The Kier molecular flexibility index (Phi) is 5.40. The van der Waals surface area contributed by atoms with Gasteiger partial charge in [0.2, 0.25) is 0 Å². The molecule has 0 radical (unpaired) electrons. The van der Waals surface area contributed by atoms with Gasteiger partial charge in [-0.05, 0) is 6.07 Å². The van der Waals surface area contributed by atoms with E-state index in [1.54, 1.807) is 0 Å². The second-order valence-electron chi connectivity index (χ2n) is 3.12. The summed E-state index contributed by atoms with van der Waals surface area (Å²) in [7, 11) is 0. The quantitative estimate of drug-likeness (QED) is 0.617. The van der Waals surface area contributed by atoms with Crippen molar-refractivity contribution in [1.82, 2.24) is 4.90 Å². The van der Waals surface area contributed by atoms with Gasteiger partial charge >= 0.3 is 0 Å². The average molecular weight is 288 g/mol. The molecule has 0 atom stereocenters. The van der Waals surface area contributed by atoms with Crippen LogP contribution >= 0.6 is 34.5 Å². The first-order valence-electron chi connectivity index (χ1n) is 4.52. The van der Waals surface area contributed by atoms with Crippen LogP contribution < -0.4 is 0 Å². The summed E-state index contributed by atoms with van der Waals surface area (Å²) in [5, 5.41) is 17.1. The number of carbonyl (C=O) groups is 1. The van der Waals surface area contributed by atoms with Gasteiger partial charge in [0.1, 0.15) is 4.34 Å². The molecule has 1 aromatic heterocycles. The maximum atomic E-state index is 11.8. The third-order valence-electron chi connectivity index (χ3n) is 1.91. The minimum Gasteiger partial charge on any atom is -0.293 e. The summed E-state index contributed by atoms with van der Waals surface area (Å²) >= 11 is 12.7. The highest BCUT2D eigenvalue weighted by Crippen LogP contribution is 2.31. The van der Waals surface area contributed by atoms with Crippen molar-refractivity contribution in [3.05, 3.63) is 20.3 Å². The Morgan fingerprint density at radius 2 is 1.94 bits per heavy atom. The number of halogens is 2. The lowest BCUT2D eigenvalue weighted by Gasteiger charge is -2.13. The molecular weight excluding hydrogens is 281 g/mol. The van der Waals surface area contributed by atoms with E-state index in [9.17, 15) is 4.79 Å². The van der Waals surface area contributed by atoms with Gasteiger partial charge in [-0.25, -0.2) is 0 Å². The topological polar surface area (TPSA) is 67.9 Å². The number of nitriles is 2. The summed E-state index contributed by atoms with van der Waals surface area (Å²) < 4.78 is 0.763. The number of hydrogen-bond donors (Lipinski definition) is 0. The van der Waals surface area contributed by atoms with Gasteiger partial charge in [0, 0.05) is 0 Å². The maximum Gasteiger partial charge on any atom is 0.179 e. The second kappa shape index (κ2) is 6.58. The van der Waals surface area contributed by atoms with Gasteiger partial charge in [0.15, 0.2) is 5.78 Å². The number of hydrogen-bond acceptors (Lipinski definition) is 5. The number of nitrogens with zero attached hydrogens (tertiary/aromatic N) is 3. The molecule has 4 nitrogen and oxygen atoms in total. The van der Waals surface area contributed by atoms with Crippen molar-refractivity contribution >= 4 is 40.3 Å². The van der Waals surface area contributed by atoms with E-state index in [0.29, 0.717) is 14.2 Å². The molecule has 1 heterocycles. The van der Waals surface area contributed by atoms with Crippen LogP contribution in [0.3, 0.4) is 0 Å². The van der Waals surface area contributed by atoms with Crippen LogP contribution in [-0.2, 0) is 0 Å².